The molecule has 7 nitrogen and oxygen atoms in total. The zero-order valence-electron chi connectivity index (χ0n) is 17.9. The molecule has 0 atom stereocenters. The zero-order valence-corrected chi connectivity index (χ0v) is 17.9. The van der Waals surface area contributed by atoms with Crippen molar-refractivity contribution in [1.29, 1.82) is 5.26 Å². The standard InChI is InChI=1S/C24H21F2N5O2/c1-15-23(29-9-8-28-15)24(32)30-20-12-16(14-27)2-4-21(20)31-10-6-18(7-11-31)33-22-5-3-17(25)13-19(22)26/h2-5,8-9,12-13,18H,6-7,10-11H2,1H3,(H,30,32). The number of hydrogen-bond acceptors (Lipinski definition) is 6. The van der Waals surface area contributed by atoms with E-state index in [-0.39, 0.29) is 17.5 Å². The van der Waals surface area contributed by atoms with E-state index in [0.29, 0.717) is 42.9 Å². The van der Waals surface area contributed by atoms with Crippen molar-refractivity contribution in [2.75, 3.05) is 23.3 Å². The van der Waals surface area contributed by atoms with E-state index < -0.39 is 17.5 Å². The smallest absolute Gasteiger partial charge is 0.276 e. The van der Waals surface area contributed by atoms with Crippen molar-refractivity contribution in [3.63, 3.8) is 0 Å². The first kappa shape index (κ1) is 22.1. The van der Waals surface area contributed by atoms with E-state index in [0.717, 1.165) is 17.8 Å². The Morgan fingerprint density at radius 2 is 1.91 bits per heavy atom. The second kappa shape index (κ2) is 9.61. The maximum atomic E-state index is 13.9. The van der Waals surface area contributed by atoms with Gasteiger partial charge in [-0.25, -0.2) is 13.8 Å². The second-order valence-electron chi connectivity index (χ2n) is 7.67. The number of amides is 1. The number of nitrogens with zero attached hydrogens (tertiary/aromatic N) is 4. The van der Waals surface area contributed by atoms with Crippen molar-refractivity contribution in [3.05, 3.63) is 77.4 Å². The Bertz CT molecular complexity index is 1220. The Hall–Kier alpha value is -4.06. The van der Waals surface area contributed by atoms with Crippen LogP contribution in [0.2, 0.25) is 0 Å². The lowest BCUT2D eigenvalue weighted by Crippen LogP contribution is -2.38. The van der Waals surface area contributed by atoms with Crippen LogP contribution in [-0.2, 0) is 0 Å². The topological polar surface area (TPSA) is 91.1 Å². The molecule has 1 fully saturated rings. The van der Waals surface area contributed by atoms with Crippen molar-refractivity contribution in [1.82, 2.24) is 9.97 Å². The number of anilines is 2. The van der Waals surface area contributed by atoms with Gasteiger partial charge in [-0.3, -0.25) is 9.78 Å². The Labute approximate surface area is 189 Å². The number of nitriles is 1. The highest BCUT2D eigenvalue weighted by atomic mass is 19.1. The fourth-order valence-electron chi connectivity index (χ4n) is 3.76. The van der Waals surface area contributed by atoms with Gasteiger partial charge in [-0.2, -0.15) is 5.26 Å². The quantitative estimate of drug-likeness (QED) is 0.627. The van der Waals surface area contributed by atoms with E-state index in [1.165, 1.54) is 18.5 Å². The van der Waals surface area contributed by atoms with E-state index in [1.54, 1.807) is 25.1 Å². The summed E-state index contributed by atoms with van der Waals surface area (Å²) in [7, 11) is 0. The predicted octanol–water partition coefficient (Wildman–Crippen LogP) is 4.24. The van der Waals surface area contributed by atoms with Crippen LogP contribution in [0.4, 0.5) is 20.2 Å². The number of nitrogens with one attached hydrogen (secondary N) is 1. The molecule has 4 rings (SSSR count). The van der Waals surface area contributed by atoms with E-state index >= 15 is 0 Å². The van der Waals surface area contributed by atoms with Gasteiger partial charge in [0.2, 0.25) is 0 Å². The number of rotatable bonds is 5. The molecule has 2 heterocycles. The minimum Gasteiger partial charge on any atom is -0.487 e. The summed E-state index contributed by atoms with van der Waals surface area (Å²) in [5, 5.41) is 12.2. The minimum atomic E-state index is -0.728. The van der Waals surface area contributed by atoms with Gasteiger partial charge in [0.25, 0.3) is 5.91 Å². The largest absolute Gasteiger partial charge is 0.487 e. The lowest BCUT2D eigenvalue weighted by molar-refractivity contribution is 0.102. The summed E-state index contributed by atoms with van der Waals surface area (Å²) in [6.45, 7) is 2.88. The normalized spacial score (nSPS) is 13.9. The molecule has 168 valence electrons. The molecule has 0 unspecified atom stereocenters. The highest BCUT2D eigenvalue weighted by Crippen LogP contribution is 2.31. The molecule has 1 aliphatic rings. The molecule has 0 radical (unpaired) electrons. The average Bonchev–Trinajstić information content (AvgIpc) is 2.81. The van der Waals surface area contributed by atoms with Crippen LogP contribution in [0.25, 0.3) is 0 Å². The number of aryl methyl sites for hydroxylation is 1. The molecule has 0 aliphatic carbocycles. The number of aromatic nitrogens is 2. The van der Waals surface area contributed by atoms with E-state index in [2.05, 4.69) is 26.3 Å². The summed E-state index contributed by atoms with van der Waals surface area (Å²) in [5.41, 5.74) is 2.37. The molecule has 33 heavy (non-hydrogen) atoms. The molecule has 0 bridgehead atoms. The number of carbonyl (C=O) groups is 1. The van der Waals surface area contributed by atoms with E-state index in [1.807, 2.05) is 0 Å². The number of carbonyl (C=O) groups excluding carboxylic acids is 1. The fourth-order valence-corrected chi connectivity index (χ4v) is 3.76. The molecule has 1 N–H and O–H groups in total. The lowest BCUT2D eigenvalue weighted by atomic mass is 10.1. The van der Waals surface area contributed by atoms with Crippen LogP contribution >= 0.6 is 0 Å². The van der Waals surface area contributed by atoms with Gasteiger partial charge in [0.05, 0.1) is 28.7 Å². The average molecular weight is 449 g/mol. The summed E-state index contributed by atoms with van der Waals surface area (Å²) in [6, 6.07) is 10.4. The molecule has 0 saturated carbocycles. The lowest BCUT2D eigenvalue weighted by Gasteiger charge is -2.34. The third-order valence-electron chi connectivity index (χ3n) is 5.44. The molecular weight excluding hydrogens is 428 g/mol. The summed E-state index contributed by atoms with van der Waals surface area (Å²) in [5.74, 6) is -1.77. The first-order chi connectivity index (χ1) is 15.9. The van der Waals surface area contributed by atoms with Crippen LogP contribution in [0, 0.1) is 29.9 Å². The van der Waals surface area contributed by atoms with Gasteiger partial charge in [-0.05, 0) is 37.3 Å². The third-order valence-corrected chi connectivity index (χ3v) is 5.44. The van der Waals surface area contributed by atoms with Gasteiger partial charge in [-0.1, -0.05) is 0 Å². The summed E-state index contributed by atoms with van der Waals surface area (Å²) in [6.07, 6.45) is 3.95. The summed E-state index contributed by atoms with van der Waals surface area (Å²) < 4.78 is 32.8. The molecule has 9 heteroatoms. The van der Waals surface area contributed by atoms with Crippen LogP contribution in [0.3, 0.4) is 0 Å². The van der Waals surface area contributed by atoms with E-state index in [4.69, 9.17) is 4.74 Å². The van der Waals surface area contributed by atoms with Crippen molar-refractivity contribution >= 4 is 17.3 Å². The third kappa shape index (κ3) is 5.06. The number of ether oxygens (including phenoxy) is 1. The molecular formula is C24H21F2N5O2. The number of piperidine rings is 1. The monoisotopic (exact) mass is 449 g/mol. The van der Waals surface area contributed by atoms with Crippen LogP contribution in [0.15, 0.2) is 48.8 Å². The van der Waals surface area contributed by atoms with Gasteiger partial charge < -0.3 is 15.0 Å². The van der Waals surface area contributed by atoms with Crippen molar-refractivity contribution in [3.8, 4) is 11.8 Å². The fraction of sp³-hybridized carbons (Fsp3) is 0.250. The highest BCUT2D eigenvalue weighted by molar-refractivity contribution is 6.05. The first-order valence-electron chi connectivity index (χ1n) is 10.4. The minimum absolute atomic E-state index is 0.0283. The Morgan fingerprint density at radius 3 is 2.61 bits per heavy atom. The van der Waals surface area contributed by atoms with Crippen LogP contribution in [0.1, 0.15) is 34.6 Å². The molecule has 1 aliphatic heterocycles. The van der Waals surface area contributed by atoms with Gasteiger partial charge in [0.1, 0.15) is 17.6 Å². The molecule has 1 amide bonds. The Balaban J connectivity index is 1.48. The summed E-state index contributed by atoms with van der Waals surface area (Å²) >= 11 is 0. The molecule has 1 aromatic heterocycles. The number of halogens is 2. The van der Waals surface area contributed by atoms with Crippen molar-refractivity contribution < 1.29 is 18.3 Å². The second-order valence-corrected chi connectivity index (χ2v) is 7.67. The van der Waals surface area contributed by atoms with Crippen LogP contribution in [0.5, 0.6) is 5.75 Å². The summed E-state index contributed by atoms with van der Waals surface area (Å²) in [4.78, 5) is 23.0. The maximum Gasteiger partial charge on any atom is 0.276 e. The van der Waals surface area contributed by atoms with Gasteiger partial charge in [-0.15, -0.1) is 0 Å². The van der Waals surface area contributed by atoms with Crippen molar-refractivity contribution in [2.24, 2.45) is 0 Å². The SMILES string of the molecule is Cc1nccnc1C(=O)Nc1cc(C#N)ccc1N1CCC(Oc2ccc(F)cc2F)CC1. The molecule has 0 spiro atoms. The molecule has 1 saturated heterocycles. The number of benzene rings is 2. The van der Waals surface area contributed by atoms with Gasteiger partial charge >= 0.3 is 0 Å². The Kier molecular flexibility index (Phi) is 6.45. The van der Waals surface area contributed by atoms with Gasteiger partial charge in [0, 0.05) is 44.4 Å². The van der Waals surface area contributed by atoms with Crippen LogP contribution in [-0.4, -0.2) is 35.1 Å². The van der Waals surface area contributed by atoms with Gasteiger partial charge in [0.15, 0.2) is 11.6 Å². The molecule has 2 aromatic carbocycles. The van der Waals surface area contributed by atoms with Crippen LogP contribution < -0.4 is 15.0 Å². The molecule has 3 aromatic rings. The first-order valence-corrected chi connectivity index (χ1v) is 10.4. The van der Waals surface area contributed by atoms with Crippen molar-refractivity contribution in [2.45, 2.75) is 25.9 Å². The number of hydrogen-bond donors (Lipinski definition) is 1. The zero-order chi connectivity index (χ0) is 23.4. The maximum absolute atomic E-state index is 13.9. The highest BCUT2D eigenvalue weighted by Gasteiger charge is 2.24. The Morgan fingerprint density at radius 1 is 1.15 bits per heavy atom. The van der Waals surface area contributed by atoms with E-state index in [9.17, 15) is 18.8 Å². The predicted molar refractivity (Wildman–Crippen MR) is 118 cm³/mol.